The molecule has 0 spiro atoms. The van der Waals surface area contributed by atoms with E-state index in [9.17, 15) is 9.59 Å². The number of piperidine rings is 1. The van der Waals surface area contributed by atoms with Crippen LogP contribution < -0.4 is 5.32 Å². The van der Waals surface area contributed by atoms with Gasteiger partial charge in [-0.15, -0.1) is 0 Å². The molecule has 1 aromatic rings. The first-order valence-electron chi connectivity index (χ1n) is 10.7. The van der Waals surface area contributed by atoms with Crippen molar-refractivity contribution in [1.29, 1.82) is 0 Å². The van der Waals surface area contributed by atoms with E-state index in [0.717, 1.165) is 58.0 Å². The number of carbonyl (C=O) groups is 2. The van der Waals surface area contributed by atoms with E-state index in [1.807, 2.05) is 4.90 Å². The Kier molecular flexibility index (Phi) is 7.31. The molecule has 0 radical (unpaired) electrons. The van der Waals surface area contributed by atoms with Gasteiger partial charge in [0, 0.05) is 19.0 Å². The second-order valence-electron chi connectivity index (χ2n) is 8.40. The van der Waals surface area contributed by atoms with Crippen LogP contribution in [0.3, 0.4) is 0 Å². The standard InChI is InChI=1S/C23H34N2O2/c1-18-7-9-19(10-8-18)11-12-20-13-15-25(16-14-20)22(26)17-24-23(27)21-5-3-2-4-6-21/h7-10,20-21H,2-6,11-17H2,1H3,(H,24,27). The normalized spacial score (nSPS) is 19.1. The topological polar surface area (TPSA) is 49.4 Å². The molecule has 2 aliphatic rings. The highest BCUT2D eigenvalue weighted by atomic mass is 16.2. The average molecular weight is 371 g/mol. The number of carbonyl (C=O) groups excluding carboxylic acids is 2. The van der Waals surface area contributed by atoms with Crippen molar-refractivity contribution in [1.82, 2.24) is 10.2 Å². The maximum atomic E-state index is 12.4. The Morgan fingerprint density at radius 1 is 1.00 bits per heavy atom. The number of hydrogen-bond acceptors (Lipinski definition) is 2. The summed E-state index contributed by atoms with van der Waals surface area (Å²) in [6.45, 7) is 3.95. The molecule has 4 heteroatoms. The smallest absolute Gasteiger partial charge is 0.241 e. The van der Waals surface area contributed by atoms with Gasteiger partial charge in [-0.3, -0.25) is 9.59 Å². The SMILES string of the molecule is Cc1ccc(CCC2CCN(C(=O)CNC(=O)C3CCCCC3)CC2)cc1. The third kappa shape index (κ3) is 6.08. The van der Waals surface area contributed by atoms with Gasteiger partial charge in [0.1, 0.15) is 0 Å². The lowest BCUT2D eigenvalue weighted by atomic mass is 9.88. The van der Waals surface area contributed by atoms with Gasteiger partial charge in [-0.05, 0) is 56.9 Å². The molecule has 27 heavy (non-hydrogen) atoms. The van der Waals surface area contributed by atoms with Crippen LogP contribution in [0.4, 0.5) is 0 Å². The maximum Gasteiger partial charge on any atom is 0.241 e. The Morgan fingerprint density at radius 3 is 2.33 bits per heavy atom. The fourth-order valence-electron chi connectivity index (χ4n) is 4.38. The van der Waals surface area contributed by atoms with E-state index in [1.54, 1.807) is 0 Å². The van der Waals surface area contributed by atoms with Crippen LogP contribution >= 0.6 is 0 Å². The zero-order valence-corrected chi connectivity index (χ0v) is 16.7. The monoisotopic (exact) mass is 370 g/mol. The summed E-state index contributed by atoms with van der Waals surface area (Å²) in [5.41, 5.74) is 2.71. The fraction of sp³-hybridized carbons (Fsp3) is 0.652. The van der Waals surface area contributed by atoms with Crippen LogP contribution in [0.25, 0.3) is 0 Å². The number of benzene rings is 1. The largest absolute Gasteiger partial charge is 0.347 e. The van der Waals surface area contributed by atoms with Crippen molar-refractivity contribution in [2.24, 2.45) is 11.8 Å². The third-order valence-corrected chi connectivity index (χ3v) is 6.32. The minimum absolute atomic E-state index is 0.0797. The summed E-state index contributed by atoms with van der Waals surface area (Å²) in [4.78, 5) is 26.5. The summed E-state index contributed by atoms with van der Waals surface area (Å²) in [5.74, 6) is 0.985. The molecule has 4 nitrogen and oxygen atoms in total. The lowest BCUT2D eigenvalue weighted by molar-refractivity contribution is -0.135. The molecule has 1 aromatic carbocycles. The molecule has 2 fully saturated rings. The zero-order chi connectivity index (χ0) is 19.1. The maximum absolute atomic E-state index is 12.4. The number of aryl methyl sites for hydroxylation is 2. The van der Waals surface area contributed by atoms with Gasteiger partial charge in [0.15, 0.2) is 0 Å². The van der Waals surface area contributed by atoms with Crippen molar-refractivity contribution in [2.45, 2.75) is 64.7 Å². The van der Waals surface area contributed by atoms with Gasteiger partial charge in [0.2, 0.25) is 11.8 Å². The van der Waals surface area contributed by atoms with E-state index in [0.29, 0.717) is 5.92 Å². The molecular weight excluding hydrogens is 336 g/mol. The molecule has 1 N–H and O–H groups in total. The number of rotatable bonds is 6. The Labute approximate surface area is 163 Å². The highest BCUT2D eigenvalue weighted by Crippen LogP contribution is 2.24. The van der Waals surface area contributed by atoms with E-state index in [-0.39, 0.29) is 24.3 Å². The zero-order valence-electron chi connectivity index (χ0n) is 16.7. The Morgan fingerprint density at radius 2 is 1.67 bits per heavy atom. The van der Waals surface area contributed by atoms with Crippen LogP contribution in [0.2, 0.25) is 0 Å². The number of likely N-dealkylation sites (tertiary alicyclic amines) is 1. The Hall–Kier alpha value is -1.84. The lowest BCUT2D eigenvalue weighted by Gasteiger charge is -2.32. The fourth-order valence-corrected chi connectivity index (χ4v) is 4.38. The van der Waals surface area contributed by atoms with Crippen LogP contribution in [-0.4, -0.2) is 36.3 Å². The molecule has 0 bridgehead atoms. The van der Waals surface area contributed by atoms with Crippen molar-refractivity contribution in [3.05, 3.63) is 35.4 Å². The Balaban J connectivity index is 1.33. The van der Waals surface area contributed by atoms with E-state index in [4.69, 9.17) is 0 Å². The first kappa shape index (κ1) is 19.9. The molecular formula is C23H34N2O2. The molecule has 0 atom stereocenters. The first-order chi connectivity index (χ1) is 13.1. The third-order valence-electron chi connectivity index (χ3n) is 6.32. The van der Waals surface area contributed by atoms with Gasteiger partial charge in [-0.2, -0.15) is 0 Å². The predicted molar refractivity (Wildman–Crippen MR) is 108 cm³/mol. The van der Waals surface area contributed by atoms with Crippen molar-refractivity contribution in [3.63, 3.8) is 0 Å². The summed E-state index contributed by atoms with van der Waals surface area (Å²) < 4.78 is 0. The van der Waals surface area contributed by atoms with Gasteiger partial charge in [0.25, 0.3) is 0 Å². The highest BCUT2D eigenvalue weighted by Gasteiger charge is 2.25. The highest BCUT2D eigenvalue weighted by molar-refractivity contribution is 5.85. The number of nitrogens with one attached hydrogen (secondary N) is 1. The summed E-state index contributed by atoms with van der Waals surface area (Å²) in [5, 5.41) is 2.88. The van der Waals surface area contributed by atoms with Gasteiger partial charge in [-0.1, -0.05) is 49.1 Å². The number of amides is 2. The van der Waals surface area contributed by atoms with E-state index in [1.165, 1.54) is 24.0 Å². The summed E-state index contributed by atoms with van der Waals surface area (Å²) >= 11 is 0. The summed E-state index contributed by atoms with van der Waals surface area (Å²) in [6.07, 6.45) is 9.95. The van der Waals surface area contributed by atoms with Gasteiger partial charge in [0.05, 0.1) is 6.54 Å². The first-order valence-corrected chi connectivity index (χ1v) is 10.7. The van der Waals surface area contributed by atoms with Crippen LogP contribution in [-0.2, 0) is 16.0 Å². The Bertz CT molecular complexity index is 612. The molecule has 1 aliphatic carbocycles. The van der Waals surface area contributed by atoms with Gasteiger partial charge < -0.3 is 10.2 Å². The van der Waals surface area contributed by atoms with Crippen molar-refractivity contribution < 1.29 is 9.59 Å². The van der Waals surface area contributed by atoms with Crippen LogP contribution in [0.5, 0.6) is 0 Å². The predicted octanol–water partition coefficient (Wildman–Crippen LogP) is 3.86. The number of nitrogens with zero attached hydrogens (tertiary/aromatic N) is 1. The molecule has 148 valence electrons. The molecule has 3 rings (SSSR count). The van der Waals surface area contributed by atoms with E-state index in [2.05, 4.69) is 36.5 Å². The van der Waals surface area contributed by atoms with Gasteiger partial charge in [-0.25, -0.2) is 0 Å². The van der Waals surface area contributed by atoms with E-state index >= 15 is 0 Å². The molecule has 2 amide bonds. The van der Waals surface area contributed by atoms with E-state index < -0.39 is 0 Å². The van der Waals surface area contributed by atoms with Crippen molar-refractivity contribution in [2.75, 3.05) is 19.6 Å². The molecule has 1 aliphatic heterocycles. The summed E-state index contributed by atoms with van der Waals surface area (Å²) in [7, 11) is 0. The molecule has 1 saturated carbocycles. The molecule has 1 heterocycles. The van der Waals surface area contributed by atoms with Crippen LogP contribution in [0.1, 0.15) is 62.5 Å². The van der Waals surface area contributed by atoms with Crippen LogP contribution in [0.15, 0.2) is 24.3 Å². The van der Waals surface area contributed by atoms with Crippen molar-refractivity contribution in [3.8, 4) is 0 Å². The number of hydrogen-bond donors (Lipinski definition) is 1. The summed E-state index contributed by atoms with van der Waals surface area (Å²) in [6, 6.07) is 8.81. The average Bonchev–Trinajstić information content (AvgIpc) is 2.72. The minimum atomic E-state index is 0.0797. The molecule has 0 aromatic heterocycles. The second-order valence-corrected chi connectivity index (χ2v) is 8.40. The van der Waals surface area contributed by atoms with Crippen molar-refractivity contribution >= 4 is 11.8 Å². The lowest BCUT2D eigenvalue weighted by Crippen LogP contribution is -2.45. The minimum Gasteiger partial charge on any atom is -0.347 e. The molecule has 1 saturated heterocycles. The second kappa shape index (κ2) is 9.91. The van der Waals surface area contributed by atoms with Crippen LogP contribution in [0, 0.1) is 18.8 Å². The molecule has 0 unspecified atom stereocenters. The van der Waals surface area contributed by atoms with Gasteiger partial charge >= 0.3 is 0 Å². The quantitative estimate of drug-likeness (QED) is 0.826.